The van der Waals surface area contributed by atoms with Gasteiger partial charge in [-0.05, 0) is 30.0 Å². The van der Waals surface area contributed by atoms with Crippen LogP contribution in [0.25, 0.3) is 0 Å². The second-order valence-electron chi connectivity index (χ2n) is 5.85. The number of benzene rings is 1. The number of ether oxygens (including phenoxy) is 1. The summed E-state index contributed by atoms with van der Waals surface area (Å²) in [7, 11) is -2.66. The Kier molecular flexibility index (Phi) is 5.41. The molecule has 0 aromatic heterocycles. The summed E-state index contributed by atoms with van der Waals surface area (Å²) in [5, 5.41) is 0.311. The number of esters is 1. The van der Waals surface area contributed by atoms with Crippen molar-refractivity contribution < 1.29 is 17.9 Å². The minimum Gasteiger partial charge on any atom is -0.468 e. The van der Waals surface area contributed by atoms with Gasteiger partial charge in [0.1, 0.15) is 6.04 Å². The maximum absolute atomic E-state index is 12.5. The number of carbonyl (C=O) groups is 1. The zero-order chi connectivity index (χ0) is 16.4. The lowest BCUT2D eigenvalue weighted by atomic mass is 9.87. The molecule has 0 saturated carbocycles. The Balaban J connectivity index is 3.24. The molecule has 1 aromatic carbocycles. The van der Waals surface area contributed by atoms with Crippen molar-refractivity contribution in [1.29, 1.82) is 0 Å². The van der Waals surface area contributed by atoms with E-state index in [9.17, 15) is 13.2 Å². The topological polar surface area (TPSA) is 72.5 Å². The summed E-state index contributed by atoms with van der Waals surface area (Å²) in [4.78, 5) is 11.9. The third kappa shape index (κ3) is 4.43. The van der Waals surface area contributed by atoms with Crippen molar-refractivity contribution in [3.8, 4) is 0 Å². The third-order valence-electron chi connectivity index (χ3n) is 3.02. The molecule has 0 radical (unpaired) electrons. The largest absolute Gasteiger partial charge is 0.468 e. The van der Waals surface area contributed by atoms with Crippen molar-refractivity contribution in [2.45, 2.75) is 38.6 Å². The highest BCUT2D eigenvalue weighted by Crippen LogP contribution is 2.25. The van der Waals surface area contributed by atoms with Crippen LogP contribution < -0.4 is 4.72 Å². The Morgan fingerprint density at radius 2 is 1.90 bits per heavy atom. The van der Waals surface area contributed by atoms with E-state index in [1.54, 1.807) is 39.8 Å². The predicted molar refractivity (Wildman–Crippen MR) is 81.8 cm³/mol. The van der Waals surface area contributed by atoms with Gasteiger partial charge < -0.3 is 4.74 Å². The van der Waals surface area contributed by atoms with Crippen molar-refractivity contribution in [3.63, 3.8) is 0 Å². The molecule has 1 aromatic rings. The highest BCUT2D eigenvalue weighted by atomic mass is 35.5. The Hall–Kier alpha value is -1.11. The Morgan fingerprint density at radius 1 is 1.33 bits per heavy atom. The highest BCUT2D eigenvalue weighted by Gasteiger charge is 2.36. The number of nitrogens with one attached hydrogen (secondary N) is 1. The van der Waals surface area contributed by atoms with Crippen LogP contribution in [0.4, 0.5) is 0 Å². The molecule has 21 heavy (non-hydrogen) atoms. The fourth-order valence-corrected chi connectivity index (χ4v) is 3.68. The molecule has 1 N–H and O–H groups in total. The van der Waals surface area contributed by atoms with Gasteiger partial charge in [0.25, 0.3) is 0 Å². The molecule has 118 valence electrons. The fraction of sp³-hybridized carbons (Fsp3) is 0.500. The molecule has 1 rings (SSSR count). The lowest BCUT2D eigenvalue weighted by molar-refractivity contribution is -0.145. The summed E-state index contributed by atoms with van der Waals surface area (Å²) >= 11 is 5.86. The first-order chi connectivity index (χ1) is 9.49. The van der Waals surface area contributed by atoms with Gasteiger partial charge in [-0.15, -0.1) is 0 Å². The average Bonchev–Trinajstić information content (AvgIpc) is 2.36. The quantitative estimate of drug-likeness (QED) is 0.859. The van der Waals surface area contributed by atoms with Crippen LogP contribution in [0.3, 0.4) is 0 Å². The number of aryl methyl sites for hydroxylation is 1. The van der Waals surface area contributed by atoms with Gasteiger partial charge in [0.15, 0.2) is 0 Å². The maximum Gasteiger partial charge on any atom is 0.324 e. The standard InChI is InChI=1S/C14H20ClNO4S/c1-9-6-7-10(15)8-11(9)21(18,19)16-12(13(17)20-5)14(2,3)4/h6-8,12,16H,1-5H3. The highest BCUT2D eigenvalue weighted by molar-refractivity contribution is 7.89. The van der Waals surface area contributed by atoms with Crippen LogP contribution in [0.2, 0.25) is 5.02 Å². The van der Waals surface area contributed by atoms with E-state index < -0.39 is 27.4 Å². The first kappa shape index (κ1) is 17.9. The number of hydrogen-bond donors (Lipinski definition) is 1. The van der Waals surface area contributed by atoms with Gasteiger partial charge in [-0.1, -0.05) is 38.4 Å². The number of hydrogen-bond acceptors (Lipinski definition) is 4. The molecule has 1 atom stereocenters. The monoisotopic (exact) mass is 333 g/mol. The van der Waals surface area contributed by atoms with E-state index in [0.717, 1.165) is 0 Å². The van der Waals surface area contributed by atoms with Gasteiger partial charge in [0.05, 0.1) is 12.0 Å². The third-order valence-corrected chi connectivity index (χ3v) is 4.82. The summed E-state index contributed by atoms with van der Waals surface area (Å²) in [6, 6.07) is 3.58. The van der Waals surface area contributed by atoms with Crippen molar-refractivity contribution >= 4 is 27.6 Å². The number of methoxy groups -OCH3 is 1. The van der Waals surface area contributed by atoms with Crippen LogP contribution in [0.5, 0.6) is 0 Å². The molecule has 1 unspecified atom stereocenters. The number of rotatable bonds is 4. The van der Waals surface area contributed by atoms with E-state index >= 15 is 0 Å². The Bertz CT molecular complexity index is 635. The van der Waals surface area contributed by atoms with Crippen LogP contribution in [-0.2, 0) is 19.6 Å². The molecule has 0 bridgehead atoms. The van der Waals surface area contributed by atoms with Crippen molar-refractivity contribution in [2.75, 3.05) is 7.11 Å². The zero-order valence-corrected chi connectivity index (χ0v) is 14.3. The van der Waals surface area contributed by atoms with Gasteiger partial charge in [-0.3, -0.25) is 4.79 Å². The van der Waals surface area contributed by atoms with Crippen LogP contribution in [0.15, 0.2) is 23.1 Å². The van der Waals surface area contributed by atoms with Gasteiger partial charge in [0, 0.05) is 5.02 Å². The average molecular weight is 334 g/mol. The molecule has 7 heteroatoms. The van der Waals surface area contributed by atoms with E-state index in [2.05, 4.69) is 9.46 Å². The second kappa shape index (κ2) is 6.34. The molecule has 0 aliphatic heterocycles. The second-order valence-corrected chi connectivity index (χ2v) is 7.97. The van der Waals surface area contributed by atoms with Crippen molar-refractivity contribution in [2.24, 2.45) is 5.41 Å². The summed E-state index contributed by atoms with van der Waals surface area (Å²) in [5.41, 5.74) is -0.0865. The smallest absolute Gasteiger partial charge is 0.324 e. The minimum absolute atomic E-state index is 0.0492. The maximum atomic E-state index is 12.5. The molecule has 0 fully saturated rings. The summed E-state index contributed by atoms with van der Waals surface area (Å²) < 4.78 is 32.1. The molecule has 0 aliphatic rings. The Morgan fingerprint density at radius 3 is 2.38 bits per heavy atom. The summed E-state index contributed by atoms with van der Waals surface area (Å²) in [6.07, 6.45) is 0. The van der Waals surface area contributed by atoms with Gasteiger partial charge in [-0.2, -0.15) is 4.72 Å². The molecule has 5 nitrogen and oxygen atoms in total. The van der Waals surface area contributed by atoms with E-state index in [1.807, 2.05) is 0 Å². The minimum atomic E-state index is -3.89. The SMILES string of the molecule is COC(=O)C(NS(=O)(=O)c1cc(Cl)ccc1C)C(C)(C)C. The van der Waals surface area contributed by atoms with Gasteiger partial charge >= 0.3 is 5.97 Å². The molecule has 0 saturated heterocycles. The normalized spacial score (nSPS) is 13.8. The van der Waals surface area contributed by atoms with E-state index in [1.165, 1.54) is 13.2 Å². The fourth-order valence-electron chi connectivity index (χ4n) is 1.78. The first-order valence-corrected chi connectivity index (χ1v) is 8.21. The predicted octanol–water partition coefficient (Wildman–Crippen LogP) is 2.51. The van der Waals surface area contributed by atoms with E-state index in [-0.39, 0.29) is 4.90 Å². The van der Waals surface area contributed by atoms with Crippen LogP contribution in [0, 0.1) is 12.3 Å². The lowest BCUT2D eigenvalue weighted by Gasteiger charge is -2.29. The molecular weight excluding hydrogens is 314 g/mol. The van der Waals surface area contributed by atoms with Crippen LogP contribution >= 0.6 is 11.6 Å². The summed E-state index contributed by atoms with van der Waals surface area (Å²) in [5.74, 6) is -0.634. The summed E-state index contributed by atoms with van der Waals surface area (Å²) in [6.45, 7) is 6.92. The number of halogens is 1. The first-order valence-electron chi connectivity index (χ1n) is 6.35. The number of carbonyl (C=O) groups excluding carboxylic acids is 1. The molecule has 0 heterocycles. The molecule has 0 spiro atoms. The van der Waals surface area contributed by atoms with Crippen molar-refractivity contribution in [3.05, 3.63) is 28.8 Å². The molecule has 0 amide bonds. The van der Waals surface area contributed by atoms with Crippen LogP contribution in [-0.4, -0.2) is 27.5 Å². The van der Waals surface area contributed by atoms with Crippen LogP contribution in [0.1, 0.15) is 26.3 Å². The molecular formula is C14H20ClNO4S. The molecule has 0 aliphatic carbocycles. The lowest BCUT2D eigenvalue weighted by Crippen LogP contribution is -2.49. The Labute approximate surface area is 130 Å². The van der Waals surface area contributed by atoms with Gasteiger partial charge in [-0.25, -0.2) is 8.42 Å². The zero-order valence-electron chi connectivity index (χ0n) is 12.7. The van der Waals surface area contributed by atoms with E-state index in [0.29, 0.717) is 10.6 Å². The van der Waals surface area contributed by atoms with E-state index in [4.69, 9.17) is 11.6 Å². The number of sulfonamides is 1. The van der Waals surface area contributed by atoms with Crippen molar-refractivity contribution in [1.82, 2.24) is 4.72 Å². The van der Waals surface area contributed by atoms with Gasteiger partial charge in [0.2, 0.25) is 10.0 Å².